The summed E-state index contributed by atoms with van der Waals surface area (Å²) in [5.41, 5.74) is 2.95. The molecule has 0 atom stereocenters. The van der Waals surface area contributed by atoms with Crippen LogP contribution in [0.2, 0.25) is 0 Å². The maximum Gasteiger partial charge on any atom is 0.337 e. The molecule has 0 aliphatic carbocycles. The molecule has 1 heterocycles. The lowest BCUT2D eigenvalue weighted by Gasteiger charge is -2.23. The fourth-order valence-electron chi connectivity index (χ4n) is 3.03. The van der Waals surface area contributed by atoms with Crippen LogP contribution in [0.5, 0.6) is 5.75 Å². The predicted octanol–water partition coefficient (Wildman–Crippen LogP) is 2.88. The van der Waals surface area contributed by atoms with Crippen LogP contribution >= 0.6 is 0 Å². The van der Waals surface area contributed by atoms with E-state index in [1.807, 2.05) is 24.1 Å². The number of esters is 1. The molecule has 8 nitrogen and oxygen atoms in total. The summed E-state index contributed by atoms with van der Waals surface area (Å²) in [6.07, 6.45) is 0. The molecule has 1 aliphatic rings. The Bertz CT molecular complexity index is 850. The fourth-order valence-corrected chi connectivity index (χ4v) is 3.03. The highest BCUT2D eigenvalue weighted by molar-refractivity contribution is 5.89. The zero-order chi connectivity index (χ0) is 19.4. The fraction of sp³-hybridized carbons (Fsp3) is 0.316. The van der Waals surface area contributed by atoms with Crippen molar-refractivity contribution in [2.24, 2.45) is 0 Å². The quantitative estimate of drug-likeness (QED) is 0.437. The number of benzene rings is 2. The Labute approximate surface area is 156 Å². The third-order valence-electron chi connectivity index (χ3n) is 4.25. The van der Waals surface area contributed by atoms with E-state index >= 15 is 0 Å². The molecule has 0 bridgehead atoms. The van der Waals surface area contributed by atoms with Crippen LogP contribution in [0.1, 0.15) is 27.0 Å². The molecular formula is C19H20N2O6. The molecule has 1 aliphatic heterocycles. The zero-order valence-corrected chi connectivity index (χ0v) is 15.1. The summed E-state index contributed by atoms with van der Waals surface area (Å²) in [5, 5.41) is 11.2. The third-order valence-corrected chi connectivity index (χ3v) is 4.25. The highest BCUT2D eigenvalue weighted by Crippen LogP contribution is 2.33. The number of nitrogens with zero attached hydrogens (tertiary/aromatic N) is 2. The molecule has 27 heavy (non-hydrogen) atoms. The van der Waals surface area contributed by atoms with Gasteiger partial charge in [0.2, 0.25) is 0 Å². The summed E-state index contributed by atoms with van der Waals surface area (Å²) < 4.78 is 15.5. The lowest BCUT2D eigenvalue weighted by Crippen LogP contribution is -2.20. The first-order chi connectivity index (χ1) is 13.0. The lowest BCUT2D eigenvalue weighted by molar-refractivity contribution is -0.385. The number of nitro groups is 1. The Morgan fingerprint density at radius 3 is 2.67 bits per heavy atom. The van der Waals surface area contributed by atoms with Gasteiger partial charge in [0.05, 0.1) is 24.2 Å². The summed E-state index contributed by atoms with van der Waals surface area (Å²) >= 11 is 0. The van der Waals surface area contributed by atoms with Crippen LogP contribution in [0, 0.1) is 10.1 Å². The van der Waals surface area contributed by atoms with Gasteiger partial charge in [-0.05, 0) is 24.7 Å². The van der Waals surface area contributed by atoms with Crippen LogP contribution in [-0.2, 0) is 29.2 Å². The SMILES string of the molecule is COC(=O)c1ccc(CN(C)Cc2cc([N+](=O)[O-])cc3c2OCOC3)cc1. The van der Waals surface area contributed by atoms with Gasteiger partial charge >= 0.3 is 5.97 Å². The summed E-state index contributed by atoms with van der Waals surface area (Å²) in [6.45, 7) is 1.51. The van der Waals surface area contributed by atoms with E-state index < -0.39 is 4.92 Å². The van der Waals surface area contributed by atoms with Gasteiger partial charge in [0.15, 0.2) is 6.79 Å². The number of rotatable bonds is 6. The Morgan fingerprint density at radius 1 is 1.26 bits per heavy atom. The molecule has 0 amide bonds. The molecule has 0 spiro atoms. The van der Waals surface area contributed by atoms with E-state index in [4.69, 9.17) is 14.2 Å². The number of methoxy groups -OCH3 is 1. The topological polar surface area (TPSA) is 91.1 Å². The first-order valence-electron chi connectivity index (χ1n) is 8.34. The minimum absolute atomic E-state index is 0.0219. The van der Waals surface area contributed by atoms with Crippen molar-refractivity contribution in [3.8, 4) is 5.75 Å². The second kappa shape index (κ2) is 8.15. The molecule has 0 saturated carbocycles. The van der Waals surface area contributed by atoms with Crippen LogP contribution in [0.3, 0.4) is 0 Å². The highest BCUT2D eigenvalue weighted by atomic mass is 16.7. The number of fused-ring (bicyclic) bond motifs is 1. The Balaban J connectivity index is 1.75. The van der Waals surface area contributed by atoms with Crippen molar-refractivity contribution in [2.75, 3.05) is 21.0 Å². The average Bonchev–Trinajstić information content (AvgIpc) is 2.67. The minimum atomic E-state index is -0.413. The average molecular weight is 372 g/mol. The van der Waals surface area contributed by atoms with Crippen molar-refractivity contribution in [3.05, 3.63) is 68.8 Å². The van der Waals surface area contributed by atoms with E-state index in [-0.39, 0.29) is 18.4 Å². The van der Waals surface area contributed by atoms with Crippen molar-refractivity contribution >= 4 is 11.7 Å². The molecule has 0 aromatic heterocycles. The van der Waals surface area contributed by atoms with Gasteiger partial charge in [-0.25, -0.2) is 4.79 Å². The van der Waals surface area contributed by atoms with Gasteiger partial charge in [0, 0.05) is 36.3 Å². The predicted molar refractivity (Wildman–Crippen MR) is 96.3 cm³/mol. The van der Waals surface area contributed by atoms with Gasteiger partial charge in [0.25, 0.3) is 5.69 Å². The molecule has 3 rings (SSSR count). The molecule has 0 saturated heterocycles. The zero-order valence-electron chi connectivity index (χ0n) is 15.1. The molecule has 2 aromatic rings. The summed E-state index contributed by atoms with van der Waals surface area (Å²) in [7, 11) is 3.26. The van der Waals surface area contributed by atoms with Gasteiger partial charge in [0.1, 0.15) is 5.75 Å². The molecule has 0 unspecified atom stereocenters. The number of ether oxygens (including phenoxy) is 3. The minimum Gasteiger partial charge on any atom is -0.467 e. The molecule has 0 radical (unpaired) electrons. The number of hydrogen-bond donors (Lipinski definition) is 0. The van der Waals surface area contributed by atoms with Crippen molar-refractivity contribution in [1.29, 1.82) is 0 Å². The maximum atomic E-state index is 11.5. The van der Waals surface area contributed by atoms with Gasteiger partial charge in [-0.15, -0.1) is 0 Å². The van der Waals surface area contributed by atoms with E-state index in [0.29, 0.717) is 36.6 Å². The number of carbonyl (C=O) groups is 1. The van der Waals surface area contributed by atoms with Gasteiger partial charge in [-0.1, -0.05) is 12.1 Å². The smallest absolute Gasteiger partial charge is 0.337 e. The number of non-ortho nitro benzene ring substituents is 1. The van der Waals surface area contributed by atoms with Crippen LogP contribution < -0.4 is 4.74 Å². The number of carbonyl (C=O) groups excluding carboxylic acids is 1. The number of hydrogen-bond acceptors (Lipinski definition) is 7. The number of nitro benzene ring substituents is 1. The Kier molecular flexibility index (Phi) is 5.68. The van der Waals surface area contributed by atoms with Gasteiger partial charge in [-0.3, -0.25) is 15.0 Å². The second-order valence-corrected chi connectivity index (χ2v) is 6.32. The molecule has 2 aromatic carbocycles. The Morgan fingerprint density at radius 2 is 2.00 bits per heavy atom. The standard InChI is InChI=1S/C19H20N2O6/c1-20(9-13-3-5-14(6-4-13)19(22)25-2)10-15-7-17(21(23)24)8-16-11-26-12-27-18(15)16/h3-8H,9-12H2,1-2H3. The van der Waals surface area contributed by atoms with E-state index in [9.17, 15) is 14.9 Å². The van der Waals surface area contributed by atoms with Crippen LogP contribution in [-0.4, -0.2) is 36.7 Å². The van der Waals surface area contributed by atoms with Crippen molar-refractivity contribution in [3.63, 3.8) is 0 Å². The molecule has 142 valence electrons. The summed E-state index contributed by atoms with van der Waals surface area (Å²) in [5.74, 6) is 0.275. The van der Waals surface area contributed by atoms with Crippen molar-refractivity contribution in [2.45, 2.75) is 19.7 Å². The van der Waals surface area contributed by atoms with E-state index in [2.05, 4.69) is 0 Å². The maximum absolute atomic E-state index is 11.5. The normalized spacial score (nSPS) is 13.0. The van der Waals surface area contributed by atoms with E-state index in [1.165, 1.54) is 13.2 Å². The van der Waals surface area contributed by atoms with Crippen LogP contribution in [0.25, 0.3) is 0 Å². The second-order valence-electron chi connectivity index (χ2n) is 6.32. The van der Waals surface area contributed by atoms with E-state index in [1.54, 1.807) is 18.2 Å². The first-order valence-corrected chi connectivity index (χ1v) is 8.34. The summed E-state index contributed by atoms with van der Waals surface area (Å²) in [6, 6.07) is 10.2. The molecule has 0 fully saturated rings. The monoisotopic (exact) mass is 372 g/mol. The third kappa shape index (κ3) is 4.42. The van der Waals surface area contributed by atoms with E-state index in [0.717, 1.165) is 11.1 Å². The van der Waals surface area contributed by atoms with Gasteiger partial charge in [-0.2, -0.15) is 0 Å². The highest BCUT2D eigenvalue weighted by Gasteiger charge is 2.21. The molecule has 8 heteroatoms. The summed E-state index contributed by atoms with van der Waals surface area (Å²) in [4.78, 5) is 24.3. The largest absolute Gasteiger partial charge is 0.467 e. The van der Waals surface area contributed by atoms with Crippen LogP contribution in [0.15, 0.2) is 36.4 Å². The van der Waals surface area contributed by atoms with Crippen LogP contribution in [0.4, 0.5) is 5.69 Å². The first kappa shape index (κ1) is 18.8. The van der Waals surface area contributed by atoms with Crippen molar-refractivity contribution in [1.82, 2.24) is 4.90 Å². The van der Waals surface area contributed by atoms with Gasteiger partial charge < -0.3 is 14.2 Å². The lowest BCUT2D eigenvalue weighted by atomic mass is 10.1. The molecular weight excluding hydrogens is 352 g/mol. The van der Waals surface area contributed by atoms with Crippen molar-refractivity contribution < 1.29 is 23.9 Å². The molecule has 0 N–H and O–H groups in total. The Hall–Kier alpha value is -2.97.